The molecule has 132 valence electrons. The average molecular weight is 341 g/mol. The second kappa shape index (κ2) is 6.43. The number of nitrogens with two attached hydrogens (primary N) is 1. The van der Waals surface area contributed by atoms with Gasteiger partial charge in [0.05, 0.1) is 13.2 Å². The molecule has 0 spiro atoms. The van der Waals surface area contributed by atoms with Crippen LogP contribution in [-0.4, -0.2) is 19.3 Å². The SMILES string of the molecule is Cc1cc(O[C@@H]2CCOC2)cc(C)c1-c1ccc(F)c2c1CC[C@H]2N. The molecule has 1 heterocycles. The molecule has 25 heavy (non-hydrogen) atoms. The van der Waals surface area contributed by atoms with Crippen LogP contribution in [0.15, 0.2) is 24.3 Å². The van der Waals surface area contributed by atoms with Gasteiger partial charge in [-0.15, -0.1) is 0 Å². The highest BCUT2D eigenvalue weighted by Crippen LogP contribution is 2.41. The zero-order valence-electron chi connectivity index (χ0n) is 14.8. The topological polar surface area (TPSA) is 44.5 Å². The molecule has 0 saturated carbocycles. The Morgan fingerprint density at radius 2 is 1.92 bits per heavy atom. The van der Waals surface area contributed by atoms with Crippen molar-refractivity contribution in [1.82, 2.24) is 0 Å². The molecule has 2 atom stereocenters. The van der Waals surface area contributed by atoms with Crippen LogP contribution in [0.2, 0.25) is 0 Å². The van der Waals surface area contributed by atoms with Gasteiger partial charge >= 0.3 is 0 Å². The molecule has 4 rings (SSSR count). The lowest BCUT2D eigenvalue weighted by atomic mass is 9.90. The third-order valence-electron chi connectivity index (χ3n) is 5.35. The minimum absolute atomic E-state index is 0.137. The van der Waals surface area contributed by atoms with Crippen LogP contribution >= 0.6 is 0 Å². The lowest BCUT2D eigenvalue weighted by molar-refractivity contribution is 0.141. The van der Waals surface area contributed by atoms with Crippen molar-refractivity contribution in [3.8, 4) is 16.9 Å². The van der Waals surface area contributed by atoms with Crippen LogP contribution < -0.4 is 10.5 Å². The Morgan fingerprint density at radius 1 is 1.16 bits per heavy atom. The molecule has 0 radical (unpaired) electrons. The summed E-state index contributed by atoms with van der Waals surface area (Å²) < 4.78 is 25.7. The molecule has 0 aromatic heterocycles. The molecule has 3 nitrogen and oxygen atoms in total. The minimum atomic E-state index is -0.194. The van der Waals surface area contributed by atoms with Gasteiger partial charge in [0.25, 0.3) is 0 Å². The van der Waals surface area contributed by atoms with Gasteiger partial charge in [0.2, 0.25) is 0 Å². The van der Waals surface area contributed by atoms with Gasteiger partial charge in [-0.05, 0) is 72.7 Å². The van der Waals surface area contributed by atoms with Crippen molar-refractivity contribution < 1.29 is 13.9 Å². The summed E-state index contributed by atoms with van der Waals surface area (Å²) in [5.41, 5.74) is 12.4. The van der Waals surface area contributed by atoms with Gasteiger partial charge in [-0.3, -0.25) is 0 Å². The lowest BCUT2D eigenvalue weighted by Gasteiger charge is -2.19. The number of benzene rings is 2. The fourth-order valence-corrected chi connectivity index (χ4v) is 4.20. The van der Waals surface area contributed by atoms with Crippen molar-refractivity contribution in [2.24, 2.45) is 5.73 Å². The molecule has 1 fully saturated rings. The number of halogens is 1. The summed E-state index contributed by atoms with van der Waals surface area (Å²) in [6.07, 6.45) is 2.71. The minimum Gasteiger partial charge on any atom is -0.488 e. The molecule has 1 saturated heterocycles. The van der Waals surface area contributed by atoms with Crippen molar-refractivity contribution in [3.05, 3.63) is 52.3 Å². The molecule has 2 aromatic rings. The second-order valence-corrected chi connectivity index (χ2v) is 7.17. The Hall–Kier alpha value is -1.91. The fourth-order valence-electron chi connectivity index (χ4n) is 4.20. The summed E-state index contributed by atoms with van der Waals surface area (Å²) in [5.74, 6) is 0.699. The first kappa shape index (κ1) is 16.6. The quantitative estimate of drug-likeness (QED) is 0.909. The van der Waals surface area contributed by atoms with Crippen molar-refractivity contribution in [3.63, 3.8) is 0 Å². The Morgan fingerprint density at radius 3 is 2.60 bits per heavy atom. The number of rotatable bonds is 3. The highest BCUT2D eigenvalue weighted by molar-refractivity contribution is 5.76. The van der Waals surface area contributed by atoms with Crippen LogP contribution in [0.1, 0.15) is 41.1 Å². The first-order valence-corrected chi connectivity index (χ1v) is 8.97. The van der Waals surface area contributed by atoms with E-state index in [-0.39, 0.29) is 18.0 Å². The van der Waals surface area contributed by atoms with Gasteiger partial charge in [0, 0.05) is 18.0 Å². The first-order valence-electron chi connectivity index (χ1n) is 8.97. The largest absolute Gasteiger partial charge is 0.488 e. The Balaban J connectivity index is 1.74. The van der Waals surface area contributed by atoms with Gasteiger partial charge < -0.3 is 15.2 Å². The predicted octanol–water partition coefficient (Wildman–Crippen LogP) is 4.22. The van der Waals surface area contributed by atoms with E-state index < -0.39 is 0 Å². The van der Waals surface area contributed by atoms with Crippen LogP contribution in [0.3, 0.4) is 0 Å². The Kier molecular flexibility index (Phi) is 4.26. The molecule has 2 N–H and O–H groups in total. The van der Waals surface area contributed by atoms with E-state index in [0.717, 1.165) is 53.9 Å². The lowest BCUT2D eigenvalue weighted by Crippen LogP contribution is -2.15. The molecule has 1 aliphatic carbocycles. The Bertz CT molecular complexity index is 789. The van der Waals surface area contributed by atoms with Crippen LogP contribution in [0.4, 0.5) is 4.39 Å². The van der Waals surface area contributed by atoms with Crippen molar-refractivity contribution in [2.75, 3.05) is 13.2 Å². The van der Waals surface area contributed by atoms with E-state index in [1.807, 2.05) is 6.07 Å². The van der Waals surface area contributed by atoms with Crippen molar-refractivity contribution in [2.45, 2.75) is 45.3 Å². The molecular weight excluding hydrogens is 317 g/mol. The highest BCUT2D eigenvalue weighted by atomic mass is 19.1. The maximum Gasteiger partial charge on any atom is 0.128 e. The number of hydrogen-bond donors (Lipinski definition) is 1. The molecule has 1 aliphatic heterocycles. The molecule has 0 unspecified atom stereocenters. The van der Waals surface area contributed by atoms with Gasteiger partial charge in [-0.25, -0.2) is 4.39 Å². The van der Waals surface area contributed by atoms with Crippen LogP contribution in [0, 0.1) is 19.7 Å². The molecule has 0 bridgehead atoms. The van der Waals surface area contributed by atoms with E-state index in [9.17, 15) is 4.39 Å². The van der Waals surface area contributed by atoms with Gasteiger partial charge in [0.15, 0.2) is 0 Å². The number of fused-ring (bicyclic) bond motifs is 1. The van der Waals surface area contributed by atoms with Gasteiger partial charge in [-0.2, -0.15) is 0 Å². The summed E-state index contributed by atoms with van der Waals surface area (Å²) in [7, 11) is 0. The summed E-state index contributed by atoms with van der Waals surface area (Å²) in [6, 6.07) is 7.41. The van der Waals surface area contributed by atoms with E-state index in [0.29, 0.717) is 12.2 Å². The summed E-state index contributed by atoms with van der Waals surface area (Å²) in [6.45, 7) is 5.60. The summed E-state index contributed by atoms with van der Waals surface area (Å²) in [5, 5.41) is 0. The van der Waals surface area contributed by atoms with Crippen LogP contribution in [0.5, 0.6) is 5.75 Å². The maximum absolute atomic E-state index is 14.2. The van der Waals surface area contributed by atoms with Crippen LogP contribution in [-0.2, 0) is 11.2 Å². The average Bonchev–Trinajstić information content (AvgIpc) is 3.19. The summed E-state index contributed by atoms with van der Waals surface area (Å²) in [4.78, 5) is 0. The highest BCUT2D eigenvalue weighted by Gasteiger charge is 2.27. The van der Waals surface area contributed by atoms with Crippen molar-refractivity contribution >= 4 is 0 Å². The molecule has 4 heteroatoms. The molecular formula is C21H24FNO2. The van der Waals surface area contributed by atoms with E-state index in [2.05, 4.69) is 26.0 Å². The molecule has 0 amide bonds. The van der Waals surface area contributed by atoms with Gasteiger partial charge in [0.1, 0.15) is 17.7 Å². The van der Waals surface area contributed by atoms with Crippen molar-refractivity contribution in [1.29, 1.82) is 0 Å². The second-order valence-electron chi connectivity index (χ2n) is 7.17. The molecule has 2 aromatic carbocycles. The first-order chi connectivity index (χ1) is 12.0. The zero-order chi connectivity index (χ0) is 17.6. The Labute approximate surface area is 147 Å². The summed E-state index contributed by atoms with van der Waals surface area (Å²) >= 11 is 0. The number of hydrogen-bond acceptors (Lipinski definition) is 3. The van der Waals surface area contributed by atoms with E-state index in [1.165, 1.54) is 5.56 Å². The fraction of sp³-hybridized carbons (Fsp3) is 0.429. The van der Waals surface area contributed by atoms with E-state index >= 15 is 0 Å². The third-order valence-corrected chi connectivity index (χ3v) is 5.35. The van der Waals surface area contributed by atoms with Gasteiger partial charge in [-0.1, -0.05) is 6.07 Å². The van der Waals surface area contributed by atoms with Crippen LogP contribution in [0.25, 0.3) is 11.1 Å². The zero-order valence-corrected chi connectivity index (χ0v) is 14.8. The monoisotopic (exact) mass is 341 g/mol. The normalized spacial score (nSPS) is 22.2. The number of aryl methyl sites for hydroxylation is 2. The maximum atomic E-state index is 14.2. The predicted molar refractivity (Wildman–Crippen MR) is 96.4 cm³/mol. The van der Waals surface area contributed by atoms with E-state index in [1.54, 1.807) is 6.07 Å². The smallest absolute Gasteiger partial charge is 0.128 e. The number of ether oxygens (including phenoxy) is 2. The van der Waals surface area contributed by atoms with E-state index in [4.69, 9.17) is 15.2 Å². The standard InChI is InChI=1S/C21H24FNO2/c1-12-9-15(25-14-7-8-24-11-14)10-13(2)20(12)16-3-5-18(22)21-17(16)4-6-19(21)23/h3,5,9-10,14,19H,4,6-8,11,23H2,1-2H3/t14-,19-/m1/s1. The molecule has 2 aliphatic rings. The third kappa shape index (κ3) is 2.94.